The molecule has 3 N–H and O–H groups in total. The van der Waals surface area contributed by atoms with Gasteiger partial charge in [-0.1, -0.05) is 54.6 Å². The first kappa shape index (κ1) is 19.8. The summed E-state index contributed by atoms with van der Waals surface area (Å²) in [6.07, 6.45) is 0. The molecule has 0 aliphatic carbocycles. The molecule has 152 valence electrons. The van der Waals surface area contributed by atoms with Crippen LogP contribution in [0.4, 0.5) is 0 Å². The van der Waals surface area contributed by atoms with Gasteiger partial charge in [0.2, 0.25) is 10.0 Å². The van der Waals surface area contributed by atoms with Gasteiger partial charge in [0.15, 0.2) is 0 Å². The van der Waals surface area contributed by atoms with E-state index in [2.05, 4.69) is 14.7 Å². The van der Waals surface area contributed by atoms with Gasteiger partial charge in [-0.3, -0.25) is 9.78 Å². The predicted octanol–water partition coefficient (Wildman–Crippen LogP) is 2.92. The van der Waals surface area contributed by atoms with Crippen molar-refractivity contribution in [1.82, 2.24) is 14.7 Å². The van der Waals surface area contributed by atoms with Gasteiger partial charge in [-0.05, 0) is 41.8 Å². The fraction of sp³-hybridized carbons (Fsp3) is 0.0909. The number of hydrogen-bond donors (Lipinski definition) is 3. The maximum atomic E-state index is 12.8. The lowest BCUT2D eigenvalue weighted by molar-refractivity contribution is 0.567. The minimum atomic E-state index is -3.88. The molecule has 1 heterocycles. The zero-order valence-corrected chi connectivity index (χ0v) is 16.9. The molecule has 1 atom stereocenters. The molecular weight excluding hydrogens is 402 g/mol. The van der Waals surface area contributed by atoms with Crippen molar-refractivity contribution in [3.8, 4) is 11.1 Å². The fourth-order valence-electron chi connectivity index (χ4n) is 3.28. The Morgan fingerprint density at radius 1 is 0.833 bits per heavy atom. The maximum Gasteiger partial charge on any atom is 0.326 e. The lowest BCUT2D eigenvalue weighted by atomic mass is 10.0. The third-order valence-corrected chi connectivity index (χ3v) is 6.41. The molecule has 0 saturated heterocycles. The summed E-state index contributed by atoms with van der Waals surface area (Å²) in [5.41, 5.74) is 1.91. The van der Waals surface area contributed by atoms with Crippen molar-refractivity contribution in [3.63, 3.8) is 0 Å². The highest BCUT2D eigenvalue weighted by molar-refractivity contribution is 7.89. The Kier molecular flexibility index (Phi) is 5.11. The molecule has 0 fully saturated rings. The molecule has 4 rings (SSSR count). The fourth-order valence-corrected chi connectivity index (χ4v) is 4.53. The summed E-state index contributed by atoms with van der Waals surface area (Å²) in [6, 6.07) is 21.1. The predicted molar refractivity (Wildman–Crippen MR) is 116 cm³/mol. The molecule has 7 nitrogen and oxygen atoms in total. The molecule has 3 aromatic carbocycles. The smallest absolute Gasteiger partial charge is 0.307 e. The van der Waals surface area contributed by atoms with E-state index in [1.54, 1.807) is 6.92 Å². The number of H-pyrrole nitrogens is 2. The number of rotatable bonds is 5. The summed E-state index contributed by atoms with van der Waals surface area (Å²) in [5.74, 6) is 0. The van der Waals surface area contributed by atoms with Crippen LogP contribution < -0.4 is 16.0 Å². The largest absolute Gasteiger partial charge is 0.326 e. The highest BCUT2D eigenvalue weighted by atomic mass is 32.2. The maximum absolute atomic E-state index is 12.8. The van der Waals surface area contributed by atoms with Crippen LogP contribution in [-0.2, 0) is 10.0 Å². The summed E-state index contributed by atoms with van der Waals surface area (Å²) in [5, 5.41) is 0.0948. The van der Waals surface area contributed by atoms with Crippen molar-refractivity contribution < 1.29 is 8.42 Å². The lowest BCUT2D eigenvalue weighted by Crippen LogP contribution is -2.27. The van der Waals surface area contributed by atoms with E-state index in [1.165, 1.54) is 18.2 Å². The van der Waals surface area contributed by atoms with E-state index in [9.17, 15) is 18.0 Å². The Morgan fingerprint density at radius 2 is 1.50 bits per heavy atom. The second-order valence-electron chi connectivity index (χ2n) is 6.95. The minimum Gasteiger partial charge on any atom is -0.307 e. The van der Waals surface area contributed by atoms with Crippen LogP contribution in [0.15, 0.2) is 87.3 Å². The third kappa shape index (κ3) is 3.96. The summed E-state index contributed by atoms with van der Waals surface area (Å²) in [6.45, 7) is 1.75. The summed E-state index contributed by atoms with van der Waals surface area (Å²) in [4.78, 5) is 27.8. The zero-order chi connectivity index (χ0) is 21.3. The number of sulfonamides is 1. The van der Waals surface area contributed by atoms with Gasteiger partial charge in [-0.15, -0.1) is 0 Å². The van der Waals surface area contributed by atoms with Gasteiger partial charge < -0.3 is 4.98 Å². The van der Waals surface area contributed by atoms with Crippen LogP contribution in [-0.4, -0.2) is 18.4 Å². The van der Waals surface area contributed by atoms with Crippen LogP contribution in [0, 0.1) is 0 Å². The van der Waals surface area contributed by atoms with E-state index < -0.39 is 27.3 Å². The monoisotopic (exact) mass is 421 g/mol. The zero-order valence-electron chi connectivity index (χ0n) is 16.0. The molecule has 0 aliphatic rings. The minimum absolute atomic E-state index is 0.0553. The molecule has 1 unspecified atom stereocenters. The van der Waals surface area contributed by atoms with Crippen LogP contribution in [0.2, 0.25) is 0 Å². The number of hydrogen-bond acceptors (Lipinski definition) is 4. The van der Waals surface area contributed by atoms with Crippen LogP contribution in [0.3, 0.4) is 0 Å². The Labute approximate surface area is 172 Å². The molecule has 0 amide bonds. The first-order valence-electron chi connectivity index (χ1n) is 9.27. The van der Waals surface area contributed by atoms with E-state index in [0.717, 1.165) is 16.7 Å². The van der Waals surface area contributed by atoms with Crippen molar-refractivity contribution in [2.75, 3.05) is 0 Å². The second kappa shape index (κ2) is 7.74. The van der Waals surface area contributed by atoms with Gasteiger partial charge in [0.1, 0.15) is 0 Å². The lowest BCUT2D eigenvalue weighted by Gasteiger charge is -2.15. The Balaban J connectivity index is 1.59. The van der Waals surface area contributed by atoms with E-state index in [-0.39, 0.29) is 15.8 Å². The summed E-state index contributed by atoms with van der Waals surface area (Å²) >= 11 is 0. The van der Waals surface area contributed by atoms with Crippen LogP contribution >= 0.6 is 0 Å². The van der Waals surface area contributed by atoms with Gasteiger partial charge in [0.25, 0.3) is 5.56 Å². The molecule has 0 spiro atoms. The average molecular weight is 421 g/mol. The van der Waals surface area contributed by atoms with Gasteiger partial charge in [0.05, 0.1) is 15.8 Å². The number of fused-ring (bicyclic) bond motifs is 1. The van der Waals surface area contributed by atoms with Crippen molar-refractivity contribution in [2.24, 2.45) is 0 Å². The van der Waals surface area contributed by atoms with Crippen molar-refractivity contribution in [3.05, 3.63) is 99.2 Å². The second-order valence-corrected chi connectivity index (χ2v) is 8.66. The molecule has 0 bridgehead atoms. The summed E-state index contributed by atoms with van der Waals surface area (Å²) < 4.78 is 28.3. The summed E-state index contributed by atoms with van der Waals surface area (Å²) in [7, 11) is -3.88. The topological polar surface area (TPSA) is 112 Å². The quantitative estimate of drug-likeness (QED) is 0.460. The molecule has 30 heavy (non-hydrogen) atoms. The SMILES string of the molecule is CC(NS(=O)(=O)c1ccc2[nH]c(=O)[nH]c(=O)c2c1)c1ccc(-c2ccccc2)cc1. The Morgan fingerprint density at radius 3 is 2.20 bits per heavy atom. The Bertz CT molecular complexity index is 1420. The molecular formula is C22H19N3O4S. The van der Waals surface area contributed by atoms with E-state index in [4.69, 9.17) is 0 Å². The third-order valence-electron chi connectivity index (χ3n) is 4.87. The van der Waals surface area contributed by atoms with Gasteiger partial charge in [-0.2, -0.15) is 0 Å². The van der Waals surface area contributed by atoms with Gasteiger partial charge in [-0.25, -0.2) is 17.9 Å². The first-order chi connectivity index (χ1) is 14.3. The average Bonchev–Trinajstić information content (AvgIpc) is 2.74. The normalized spacial score (nSPS) is 12.7. The van der Waals surface area contributed by atoms with E-state index in [1.807, 2.05) is 54.6 Å². The molecule has 8 heteroatoms. The highest BCUT2D eigenvalue weighted by Gasteiger charge is 2.19. The first-order valence-corrected chi connectivity index (χ1v) is 10.8. The molecule has 0 saturated carbocycles. The van der Waals surface area contributed by atoms with E-state index in [0.29, 0.717) is 0 Å². The molecule has 0 aliphatic heterocycles. The molecule has 1 aromatic heterocycles. The van der Waals surface area contributed by atoms with Crippen molar-refractivity contribution >= 4 is 20.9 Å². The number of aromatic amines is 2. The highest BCUT2D eigenvalue weighted by Crippen LogP contribution is 2.23. The van der Waals surface area contributed by atoms with Crippen LogP contribution in [0.5, 0.6) is 0 Å². The molecule has 0 radical (unpaired) electrons. The Hall–Kier alpha value is -3.49. The standard InChI is InChI=1S/C22H19N3O4S/c1-14(15-7-9-17(10-8-15)16-5-3-2-4-6-16)25-30(28,29)18-11-12-20-19(13-18)21(26)24-22(27)23-20/h2-14,25H,1H3,(H2,23,24,26,27). The van der Waals surface area contributed by atoms with Crippen LogP contribution in [0.25, 0.3) is 22.0 Å². The van der Waals surface area contributed by atoms with Gasteiger partial charge >= 0.3 is 5.69 Å². The van der Waals surface area contributed by atoms with Crippen molar-refractivity contribution in [1.29, 1.82) is 0 Å². The van der Waals surface area contributed by atoms with Crippen molar-refractivity contribution in [2.45, 2.75) is 17.9 Å². The number of benzene rings is 3. The van der Waals surface area contributed by atoms with Gasteiger partial charge in [0, 0.05) is 6.04 Å². The number of aromatic nitrogens is 2. The van der Waals surface area contributed by atoms with E-state index >= 15 is 0 Å². The number of nitrogens with one attached hydrogen (secondary N) is 3. The molecule has 4 aromatic rings. The van der Waals surface area contributed by atoms with Crippen LogP contribution in [0.1, 0.15) is 18.5 Å².